The first-order chi connectivity index (χ1) is 14.6. The van der Waals surface area contributed by atoms with E-state index in [2.05, 4.69) is 18.2 Å². The molecule has 0 radical (unpaired) electrons. The van der Waals surface area contributed by atoms with Gasteiger partial charge in [-0.15, -0.1) is 0 Å². The Kier molecular flexibility index (Phi) is 5.36. The van der Waals surface area contributed by atoms with Gasteiger partial charge in [-0.2, -0.15) is 0 Å². The van der Waals surface area contributed by atoms with Gasteiger partial charge in [0.15, 0.2) is 23.0 Å². The molecule has 0 amide bonds. The Balaban J connectivity index is 2.05. The number of fused-ring (bicyclic) bond motifs is 2. The second-order valence-corrected chi connectivity index (χ2v) is 7.07. The van der Waals surface area contributed by atoms with E-state index in [4.69, 9.17) is 23.9 Å². The molecule has 0 fully saturated rings. The van der Waals surface area contributed by atoms with E-state index in [0.29, 0.717) is 23.0 Å². The maximum absolute atomic E-state index is 5.77. The predicted molar refractivity (Wildman–Crippen MR) is 118 cm³/mol. The molecule has 5 heteroatoms. The number of aliphatic imine (C=N–C) groups is 1. The highest BCUT2D eigenvalue weighted by Gasteiger charge is 2.30. The zero-order valence-electron chi connectivity index (χ0n) is 17.9. The highest BCUT2D eigenvalue weighted by atomic mass is 16.5. The molecular formula is C25H25NO4. The van der Waals surface area contributed by atoms with Gasteiger partial charge in [-0.05, 0) is 47.9 Å². The lowest BCUT2D eigenvalue weighted by atomic mass is 9.81. The van der Waals surface area contributed by atoms with E-state index in [0.717, 1.165) is 33.7 Å². The fraction of sp³-hybridized carbons (Fsp3) is 0.240. The van der Waals surface area contributed by atoms with Gasteiger partial charge in [0.2, 0.25) is 0 Å². The van der Waals surface area contributed by atoms with E-state index in [1.165, 1.54) is 0 Å². The molecule has 1 aliphatic rings. The minimum absolute atomic E-state index is 0.0583. The summed E-state index contributed by atoms with van der Waals surface area (Å²) in [7, 11) is 6.60. The molecule has 0 N–H and O–H groups in total. The first kappa shape index (κ1) is 19.8. The minimum atomic E-state index is -0.0583. The van der Waals surface area contributed by atoms with Crippen molar-refractivity contribution in [2.75, 3.05) is 28.4 Å². The minimum Gasteiger partial charge on any atom is -0.493 e. The Bertz CT molecular complexity index is 1120. The molecule has 1 heterocycles. The average Bonchev–Trinajstić information content (AvgIpc) is 2.91. The van der Waals surface area contributed by atoms with E-state index >= 15 is 0 Å². The molecule has 0 bridgehead atoms. The van der Waals surface area contributed by atoms with Crippen LogP contribution in [-0.2, 0) is 0 Å². The predicted octanol–water partition coefficient (Wildman–Crippen LogP) is 5.36. The molecular weight excluding hydrogens is 378 g/mol. The van der Waals surface area contributed by atoms with Crippen LogP contribution in [0.4, 0.5) is 5.69 Å². The summed E-state index contributed by atoms with van der Waals surface area (Å²) in [4.78, 5) is 4.94. The molecule has 154 valence electrons. The summed E-state index contributed by atoms with van der Waals surface area (Å²) in [5, 5.41) is 0. The average molecular weight is 403 g/mol. The Morgan fingerprint density at radius 1 is 0.700 bits per heavy atom. The molecule has 0 unspecified atom stereocenters. The van der Waals surface area contributed by atoms with Crippen LogP contribution in [0, 0.1) is 0 Å². The van der Waals surface area contributed by atoms with Crippen molar-refractivity contribution in [2.24, 2.45) is 4.99 Å². The van der Waals surface area contributed by atoms with Gasteiger partial charge in [-0.3, -0.25) is 4.99 Å². The number of hydrogen-bond acceptors (Lipinski definition) is 5. The van der Waals surface area contributed by atoms with E-state index in [1.54, 1.807) is 28.4 Å². The van der Waals surface area contributed by atoms with Gasteiger partial charge in [0.25, 0.3) is 0 Å². The second kappa shape index (κ2) is 8.11. The zero-order chi connectivity index (χ0) is 21.3. The van der Waals surface area contributed by atoms with Crippen LogP contribution in [0.1, 0.15) is 35.1 Å². The number of benzene rings is 3. The largest absolute Gasteiger partial charge is 0.493 e. The molecule has 3 aromatic rings. The van der Waals surface area contributed by atoms with Crippen LogP contribution in [0.5, 0.6) is 23.0 Å². The van der Waals surface area contributed by atoms with Gasteiger partial charge < -0.3 is 18.9 Å². The standard InChI is InChI=1S/C25H25NO4/c1-15-23-18(11-13-21(28-3)25(23)30-5)24(17-8-6-7-9-19(17)26-15)16-10-12-20(27-2)22(14-16)29-4/h6-14,24H,1-5H3/t24-/m0/s1. The summed E-state index contributed by atoms with van der Waals surface area (Å²) in [6, 6.07) is 18.3. The fourth-order valence-corrected chi connectivity index (χ4v) is 4.18. The number of para-hydroxylation sites is 1. The lowest BCUT2D eigenvalue weighted by molar-refractivity contribution is 0.353. The Morgan fingerprint density at radius 2 is 1.40 bits per heavy atom. The maximum Gasteiger partial charge on any atom is 0.170 e. The van der Waals surface area contributed by atoms with Crippen LogP contribution in [0.15, 0.2) is 59.6 Å². The van der Waals surface area contributed by atoms with E-state index in [9.17, 15) is 0 Å². The van der Waals surface area contributed by atoms with Crippen molar-refractivity contribution >= 4 is 11.4 Å². The first-order valence-electron chi connectivity index (χ1n) is 9.74. The maximum atomic E-state index is 5.77. The van der Waals surface area contributed by atoms with Crippen molar-refractivity contribution in [1.29, 1.82) is 0 Å². The molecule has 0 saturated heterocycles. The lowest BCUT2D eigenvalue weighted by Crippen LogP contribution is -2.10. The normalized spacial score (nSPS) is 14.7. The molecule has 0 aliphatic carbocycles. The zero-order valence-corrected chi connectivity index (χ0v) is 17.9. The molecule has 0 saturated carbocycles. The van der Waals surface area contributed by atoms with Crippen LogP contribution in [-0.4, -0.2) is 34.2 Å². The Morgan fingerprint density at radius 3 is 2.10 bits per heavy atom. The van der Waals surface area contributed by atoms with Gasteiger partial charge >= 0.3 is 0 Å². The van der Waals surface area contributed by atoms with Crippen LogP contribution in [0.3, 0.4) is 0 Å². The third-order valence-electron chi connectivity index (χ3n) is 5.53. The number of hydrogen-bond donors (Lipinski definition) is 0. The third-order valence-corrected chi connectivity index (χ3v) is 5.53. The first-order valence-corrected chi connectivity index (χ1v) is 9.74. The number of methoxy groups -OCH3 is 4. The van der Waals surface area contributed by atoms with Crippen molar-refractivity contribution in [1.82, 2.24) is 0 Å². The highest BCUT2D eigenvalue weighted by Crippen LogP contribution is 2.47. The summed E-state index contributed by atoms with van der Waals surface area (Å²) in [5.74, 6) is 2.70. The van der Waals surface area contributed by atoms with Crippen molar-refractivity contribution in [3.05, 3.63) is 76.9 Å². The van der Waals surface area contributed by atoms with E-state index in [-0.39, 0.29) is 5.92 Å². The molecule has 0 spiro atoms. The summed E-state index contributed by atoms with van der Waals surface area (Å²) in [6.07, 6.45) is 0. The lowest BCUT2D eigenvalue weighted by Gasteiger charge is -2.23. The van der Waals surface area contributed by atoms with Crippen LogP contribution in [0.25, 0.3) is 0 Å². The van der Waals surface area contributed by atoms with Gasteiger partial charge in [0.1, 0.15) is 0 Å². The molecule has 1 aliphatic heterocycles. The Hall–Kier alpha value is -3.47. The van der Waals surface area contributed by atoms with Gasteiger partial charge in [0, 0.05) is 17.2 Å². The topological polar surface area (TPSA) is 49.3 Å². The van der Waals surface area contributed by atoms with Crippen LogP contribution < -0.4 is 18.9 Å². The van der Waals surface area contributed by atoms with Gasteiger partial charge in [-0.25, -0.2) is 0 Å². The molecule has 1 atom stereocenters. The summed E-state index contributed by atoms with van der Waals surface area (Å²) < 4.78 is 22.4. The quantitative estimate of drug-likeness (QED) is 0.576. The summed E-state index contributed by atoms with van der Waals surface area (Å²) >= 11 is 0. The highest BCUT2D eigenvalue weighted by molar-refractivity contribution is 6.06. The van der Waals surface area contributed by atoms with E-state index < -0.39 is 0 Å². The number of nitrogens with zero attached hydrogens (tertiary/aromatic N) is 1. The smallest absolute Gasteiger partial charge is 0.170 e. The number of rotatable bonds is 5. The van der Waals surface area contributed by atoms with Crippen molar-refractivity contribution in [2.45, 2.75) is 12.8 Å². The van der Waals surface area contributed by atoms with Crippen molar-refractivity contribution in [3.8, 4) is 23.0 Å². The molecule has 4 rings (SSSR count). The monoisotopic (exact) mass is 403 g/mol. The molecule has 0 aromatic heterocycles. The summed E-state index contributed by atoms with van der Waals surface area (Å²) in [5.41, 5.74) is 6.08. The van der Waals surface area contributed by atoms with Crippen molar-refractivity contribution in [3.63, 3.8) is 0 Å². The molecule has 5 nitrogen and oxygen atoms in total. The van der Waals surface area contributed by atoms with Gasteiger partial charge in [-0.1, -0.05) is 30.3 Å². The SMILES string of the molecule is COc1ccc([C@H]2c3ccccc3N=C(C)c3c2ccc(OC)c3OC)cc1OC. The fourth-order valence-electron chi connectivity index (χ4n) is 4.18. The number of ether oxygens (including phenoxy) is 4. The Labute approximate surface area is 176 Å². The third kappa shape index (κ3) is 3.16. The van der Waals surface area contributed by atoms with Gasteiger partial charge in [0.05, 0.1) is 34.1 Å². The molecule has 30 heavy (non-hydrogen) atoms. The van der Waals surface area contributed by atoms with Crippen LogP contribution in [0.2, 0.25) is 0 Å². The molecule has 3 aromatic carbocycles. The second-order valence-electron chi connectivity index (χ2n) is 7.07. The van der Waals surface area contributed by atoms with Crippen molar-refractivity contribution < 1.29 is 18.9 Å². The van der Waals surface area contributed by atoms with Crippen LogP contribution >= 0.6 is 0 Å². The van der Waals surface area contributed by atoms with E-state index in [1.807, 2.05) is 43.3 Å². The summed E-state index contributed by atoms with van der Waals surface area (Å²) in [6.45, 7) is 2.01.